The molecule has 0 aromatic carbocycles. The lowest BCUT2D eigenvalue weighted by Crippen LogP contribution is -1.92. The van der Waals surface area contributed by atoms with E-state index in [1.165, 1.54) is 23.0 Å². The number of aromatic nitrogens is 3. The zero-order chi connectivity index (χ0) is 21.5. The Balaban J connectivity index is 0.000000397. The maximum Gasteiger partial charge on any atom is 0.0656 e. The van der Waals surface area contributed by atoms with Crippen molar-refractivity contribution < 1.29 is 0 Å². The molecule has 0 radical (unpaired) electrons. The fraction of sp³-hybridized carbons (Fsp3) is 0.500. The number of nitrogens with one attached hydrogen (secondary N) is 1. The van der Waals surface area contributed by atoms with Crippen molar-refractivity contribution in [3.63, 3.8) is 0 Å². The molecule has 28 heavy (non-hydrogen) atoms. The number of allylic oxidation sites excluding steroid dienone is 2. The van der Waals surface area contributed by atoms with Crippen molar-refractivity contribution in [1.29, 1.82) is 5.41 Å². The standard InChI is InChI=1S/C10H15N.C7H10N2.C7H13N/c1-4-9-5-6-10(8(2)3)11-7-9;1-6(2)7-4-3-5-8-9-7;1-6(2)7(3)4-5-8/h5-8H,4H2,1-3H3;3-6H,1-2H3;4-6,8H,1-3H3/b;;7-4+,8-5?. The van der Waals surface area contributed by atoms with Crippen LogP contribution in [0.4, 0.5) is 0 Å². The Hall–Kier alpha value is -2.36. The first kappa shape index (κ1) is 25.6. The zero-order valence-corrected chi connectivity index (χ0v) is 18.9. The molecule has 0 aliphatic carbocycles. The van der Waals surface area contributed by atoms with Gasteiger partial charge >= 0.3 is 0 Å². The number of hydrogen-bond acceptors (Lipinski definition) is 4. The Morgan fingerprint density at radius 1 is 1.00 bits per heavy atom. The molecule has 0 saturated heterocycles. The van der Waals surface area contributed by atoms with Crippen LogP contribution in [-0.2, 0) is 6.42 Å². The normalized spacial score (nSPS) is 10.9. The molecule has 0 unspecified atom stereocenters. The first-order valence-corrected chi connectivity index (χ1v) is 10.1. The zero-order valence-electron chi connectivity index (χ0n) is 18.9. The van der Waals surface area contributed by atoms with E-state index < -0.39 is 0 Å². The Morgan fingerprint density at radius 3 is 1.93 bits per heavy atom. The van der Waals surface area contributed by atoms with Crippen LogP contribution in [0.5, 0.6) is 0 Å². The quantitative estimate of drug-likeness (QED) is 0.592. The van der Waals surface area contributed by atoms with Gasteiger partial charge in [-0.15, -0.1) is 0 Å². The highest BCUT2D eigenvalue weighted by molar-refractivity contribution is 5.68. The summed E-state index contributed by atoms with van der Waals surface area (Å²) >= 11 is 0. The van der Waals surface area contributed by atoms with Gasteiger partial charge in [-0.25, -0.2) is 0 Å². The van der Waals surface area contributed by atoms with E-state index in [-0.39, 0.29) is 0 Å². The van der Waals surface area contributed by atoms with Crippen molar-refractivity contribution in [3.05, 3.63) is 65.3 Å². The van der Waals surface area contributed by atoms with Crippen molar-refractivity contribution in [2.75, 3.05) is 0 Å². The lowest BCUT2D eigenvalue weighted by Gasteiger charge is -2.03. The molecule has 2 aromatic rings. The van der Waals surface area contributed by atoms with E-state index in [2.05, 4.69) is 75.8 Å². The van der Waals surface area contributed by atoms with Crippen LogP contribution in [0, 0.1) is 11.3 Å². The molecule has 0 aliphatic rings. The number of hydrogen-bond donors (Lipinski definition) is 1. The smallest absolute Gasteiger partial charge is 0.0656 e. The molecule has 4 nitrogen and oxygen atoms in total. The molecule has 4 heteroatoms. The summed E-state index contributed by atoms with van der Waals surface area (Å²) in [5, 5.41) is 14.4. The molecule has 2 aromatic heterocycles. The van der Waals surface area contributed by atoms with E-state index in [1.807, 2.05) is 31.3 Å². The van der Waals surface area contributed by atoms with Crippen molar-refractivity contribution in [3.8, 4) is 0 Å². The van der Waals surface area contributed by atoms with Gasteiger partial charge in [0.2, 0.25) is 0 Å². The van der Waals surface area contributed by atoms with Gasteiger partial charge in [0, 0.05) is 24.3 Å². The molecule has 0 spiro atoms. The summed E-state index contributed by atoms with van der Waals surface area (Å²) in [4.78, 5) is 4.35. The lowest BCUT2D eigenvalue weighted by atomic mass is 10.1. The molecule has 0 fully saturated rings. The van der Waals surface area contributed by atoms with Crippen molar-refractivity contribution in [2.24, 2.45) is 5.92 Å². The van der Waals surface area contributed by atoms with Gasteiger partial charge in [0.1, 0.15) is 0 Å². The van der Waals surface area contributed by atoms with Crippen molar-refractivity contribution in [1.82, 2.24) is 15.2 Å². The minimum Gasteiger partial charge on any atom is -0.309 e. The van der Waals surface area contributed by atoms with E-state index in [1.54, 1.807) is 6.20 Å². The molecule has 0 atom stereocenters. The third-order valence-corrected chi connectivity index (χ3v) is 4.29. The maximum absolute atomic E-state index is 6.72. The van der Waals surface area contributed by atoms with E-state index in [0.29, 0.717) is 17.8 Å². The second kappa shape index (κ2) is 14.7. The molecule has 154 valence electrons. The third kappa shape index (κ3) is 11.4. The summed E-state index contributed by atoms with van der Waals surface area (Å²) in [6, 6.07) is 8.16. The summed E-state index contributed by atoms with van der Waals surface area (Å²) in [6.07, 6.45) is 7.88. The van der Waals surface area contributed by atoms with E-state index >= 15 is 0 Å². The monoisotopic (exact) mass is 382 g/mol. The van der Waals surface area contributed by atoms with E-state index in [9.17, 15) is 0 Å². The molecule has 0 saturated carbocycles. The molecule has 2 rings (SSSR count). The SMILES string of the molecule is C/C(=C\C=N)C(C)C.CC(C)c1cccnn1.CCc1ccc(C(C)C)nc1. The minimum atomic E-state index is 0.485. The Kier molecular flexibility index (Phi) is 13.4. The molecule has 0 aliphatic heterocycles. The van der Waals surface area contributed by atoms with Crippen molar-refractivity contribution in [2.45, 2.75) is 73.6 Å². The Morgan fingerprint density at radius 2 is 1.64 bits per heavy atom. The van der Waals surface area contributed by atoms with Crippen LogP contribution in [0.1, 0.15) is 84.2 Å². The summed E-state index contributed by atoms with van der Waals surface area (Å²) < 4.78 is 0. The van der Waals surface area contributed by atoms with Gasteiger partial charge in [0.25, 0.3) is 0 Å². The first-order chi connectivity index (χ1) is 13.2. The van der Waals surface area contributed by atoms with Crippen molar-refractivity contribution >= 4 is 6.21 Å². The highest BCUT2D eigenvalue weighted by Gasteiger charge is 1.98. The molecule has 0 amide bonds. The van der Waals surface area contributed by atoms with Gasteiger partial charge in [-0.3, -0.25) is 4.98 Å². The summed E-state index contributed by atoms with van der Waals surface area (Å²) in [6.45, 7) is 16.9. The first-order valence-electron chi connectivity index (χ1n) is 10.1. The maximum atomic E-state index is 6.72. The fourth-order valence-electron chi connectivity index (χ4n) is 1.93. The van der Waals surface area contributed by atoms with Crippen LogP contribution in [-0.4, -0.2) is 21.4 Å². The lowest BCUT2D eigenvalue weighted by molar-refractivity contribution is 0.771. The average Bonchev–Trinajstić information content (AvgIpc) is 2.69. The Labute approximate surface area is 172 Å². The summed E-state index contributed by atoms with van der Waals surface area (Å²) in [7, 11) is 0. The minimum absolute atomic E-state index is 0.485. The number of pyridine rings is 1. The third-order valence-electron chi connectivity index (χ3n) is 4.29. The van der Waals surface area contributed by atoms with Crippen LogP contribution in [0.3, 0.4) is 0 Å². The predicted molar refractivity (Wildman–Crippen MR) is 121 cm³/mol. The van der Waals surface area contributed by atoms with E-state index in [4.69, 9.17) is 5.41 Å². The van der Waals surface area contributed by atoms with Gasteiger partial charge in [-0.05, 0) is 60.9 Å². The number of aryl methyl sites for hydroxylation is 1. The largest absolute Gasteiger partial charge is 0.309 e. The van der Waals surface area contributed by atoms with Gasteiger partial charge in [-0.2, -0.15) is 10.2 Å². The molecule has 0 bridgehead atoms. The second-order valence-electron chi connectivity index (χ2n) is 7.63. The average molecular weight is 383 g/mol. The second-order valence-corrected chi connectivity index (χ2v) is 7.63. The number of rotatable bonds is 5. The molecule has 1 N–H and O–H groups in total. The fourth-order valence-corrected chi connectivity index (χ4v) is 1.93. The van der Waals surface area contributed by atoms with Crippen LogP contribution < -0.4 is 0 Å². The summed E-state index contributed by atoms with van der Waals surface area (Å²) in [5.41, 5.74) is 4.81. The Bertz CT molecular complexity index is 672. The predicted octanol–water partition coefficient (Wildman–Crippen LogP) is 6.61. The highest BCUT2D eigenvalue weighted by atomic mass is 15.1. The van der Waals surface area contributed by atoms with Crippen LogP contribution in [0.15, 0.2) is 48.3 Å². The van der Waals surface area contributed by atoms with Crippen LogP contribution >= 0.6 is 0 Å². The molecule has 2 heterocycles. The van der Waals surface area contributed by atoms with Crippen LogP contribution in [0.25, 0.3) is 0 Å². The highest BCUT2D eigenvalue weighted by Crippen LogP contribution is 2.11. The van der Waals surface area contributed by atoms with Crippen LogP contribution in [0.2, 0.25) is 0 Å². The van der Waals surface area contributed by atoms with Gasteiger partial charge < -0.3 is 5.41 Å². The summed E-state index contributed by atoms with van der Waals surface area (Å²) in [5.74, 6) is 1.61. The van der Waals surface area contributed by atoms with Gasteiger partial charge in [-0.1, -0.05) is 60.1 Å². The van der Waals surface area contributed by atoms with Gasteiger partial charge in [0.15, 0.2) is 0 Å². The number of nitrogens with zero attached hydrogens (tertiary/aromatic N) is 3. The van der Waals surface area contributed by atoms with Gasteiger partial charge in [0.05, 0.1) is 5.69 Å². The molecular weight excluding hydrogens is 344 g/mol. The topological polar surface area (TPSA) is 62.5 Å². The molecular formula is C24H38N4. The van der Waals surface area contributed by atoms with E-state index in [0.717, 1.165) is 12.1 Å².